The number of nitrogens with zero attached hydrogens (tertiary/aromatic N) is 3. The van der Waals surface area contributed by atoms with E-state index in [-0.39, 0.29) is 37.8 Å². The Labute approximate surface area is 157 Å². The third kappa shape index (κ3) is 4.67. The first-order valence-corrected chi connectivity index (χ1v) is 8.74. The lowest BCUT2D eigenvalue weighted by Crippen LogP contribution is -2.40. The zero-order valence-corrected chi connectivity index (χ0v) is 14.8. The minimum atomic E-state index is -4.53. The summed E-state index contributed by atoms with van der Waals surface area (Å²) in [4.78, 5) is 17.4. The van der Waals surface area contributed by atoms with E-state index in [9.17, 15) is 26.7 Å². The van der Waals surface area contributed by atoms with Crippen molar-refractivity contribution >= 4 is 5.91 Å². The van der Waals surface area contributed by atoms with Crippen molar-refractivity contribution in [3.05, 3.63) is 53.1 Å². The highest BCUT2D eigenvalue weighted by Crippen LogP contribution is 2.29. The fourth-order valence-electron chi connectivity index (χ4n) is 3.10. The first-order chi connectivity index (χ1) is 13.1. The van der Waals surface area contributed by atoms with Gasteiger partial charge >= 0.3 is 6.18 Å². The summed E-state index contributed by atoms with van der Waals surface area (Å²) in [5, 5.41) is 0. The Morgan fingerprint density at radius 1 is 1.21 bits per heavy atom. The number of hydrogen-bond acceptors (Lipinski definition) is 3. The van der Waals surface area contributed by atoms with Gasteiger partial charge in [0.2, 0.25) is 5.91 Å². The van der Waals surface area contributed by atoms with Crippen LogP contribution in [-0.4, -0.2) is 32.9 Å². The molecule has 152 valence electrons. The highest BCUT2D eigenvalue weighted by Gasteiger charge is 2.36. The quantitative estimate of drug-likeness (QED) is 0.783. The van der Waals surface area contributed by atoms with Crippen molar-refractivity contribution in [2.45, 2.75) is 44.6 Å². The maximum atomic E-state index is 13.2. The average molecular weight is 402 g/mol. The Kier molecular flexibility index (Phi) is 5.69. The monoisotopic (exact) mass is 402 g/mol. The summed E-state index contributed by atoms with van der Waals surface area (Å²) >= 11 is 0. The number of amides is 1. The van der Waals surface area contributed by atoms with E-state index in [1.807, 2.05) is 0 Å². The Bertz CT molecular complexity index is 864. The molecule has 1 aromatic carbocycles. The number of rotatable bonds is 5. The summed E-state index contributed by atoms with van der Waals surface area (Å²) in [7, 11) is 0. The molecule has 0 fully saturated rings. The third-order valence-corrected chi connectivity index (χ3v) is 4.67. The molecule has 0 saturated heterocycles. The number of aromatic nitrogens is 2. The Hall–Kier alpha value is -2.49. The van der Waals surface area contributed by atoms with E-state index in [1.54, 1.807) is 0 Å². The van der Waals surface area contributed by atoms with Crippen molar-refractivity contribution in [1.82, 2.24) is 14.5 Å². The van der Waals surface area contributed by atoms with Crippen molar-refractivity contribution in [2.24, 2.45) is 5.73 Å². The summed E-state index contributed by atoms with van der Waals surface area (Å²) in [6.45, 7) is 0.494. The van der Waals surface area contributed by atoms with Gasteiger partial charge in [-0.1, -0.05) is 6.07 Å². The number of nitrogens with two attached hydrogens (primary N) is 1. The average Bonchev–Trinajstić information content (AvgIpc) is 3.06. The molecule has 1 atom stereocenters. The summed E-state index contributed by atoms with van der Waals surface area (Å²) in [5.74, 6) is -1.97. The number of hydrogen-bond donors (Lipinski definition) is 1. The predicted molar refractivity (Wildman–Crippen MR) is 89.9 cm³/mol. The van der Waals surface area contributed by atoms with Gasteiger partial charge in [-0.15, -0.1) is 0 Å². The van der Waals surface area contributed by atoms with Crippen LogP contribution in [-0.2, 0) is 30.5 Å². The van der Waals surface area contributed by atoms with Crippen molar-refractivity contribution < 1.29 is 26.7 Å². The predicted octanol–water partition coefficient (Wildman–Crippen LogP) is 2.87. The van der Waals surface area contributed by atoms with Gasteiger partial charge in [0, 0.05) is 31.7 Å². The summed E-state index contributed by atoms with van der Waals surface area (Å²) in [5.41, 5.74) is 5.57. The van der Waals surface area contributed by atoms with E-state index in [0.29, 0.717) is 18.4 Å². The van der Waals surface area contributed by atoms with Gasteiger partial charge in [0.25, 0.3) is 0 Å². The molecular formula is C18H19F5N4O. The minimum absolute atomic E-state index is 0.00912. The highest BCUT2D eigenvalue weighted by molar-refractivity contribution is 5.76. The topological polar surface area (TPSA) is 64.2 Å². The van der Waals surface area contributed by atoms with E-state index in [4.69, 9.17) is 5.73 Å². The van der Waals surface area contributed by atoms with Gasteiger partial charge in [-0.2, -0.15) is 13.2 Å². The highest BCUT2D eigenvalue weighted by atomic mass is 19.4. The zero-order chi connectivity index (χ0) is 20.5. The molecule has 0 spiro atoms. The second kappa shape index (κ2) is 7.86. The number of fused-ring (bicyclic) bond motifs is 1. The van der Waals surface area contributed by atoms with E-state index in [0.717, 1.165) is 18.3 Å². The second-order valence-corrected chi connectivity index (χ2v) is 6.80. The van der Waals surface area contributed by atoms with Crippen molar-refractivity contribution in [1.29, 1.82) is 0 Å². The smallest absolute Gasteiger partial charge is 0.333 e. The first kappa shape index (κ1) is 20.2. The molecule has 1 aromatic heterocycles. The molecule has 2 heterocycles. The molecule has 0 bridgehead atoms. The third-order valence-electron chi connectivity index (χ3n) is 4.67. The van der Waals surface area contributed by atoms with Crippen LogP contribution in [0.1, 0.15) is 29.9 Å². The van der Waals surface area contributed by atoms with Crippen LogP contribution in [0.25, 0.3) is 0 Å². The summed E-state index contributed by atoms with van der Waals surface area (Å²) < 4.78 is 65.8. The van der Waals surface area contributed by atoms with E-state index < -0.39 is 29.5 Å². The molecule has 1 aliphatic rings. The van der Waals surface area contributed by atoms with Crippen LogP contribution in [0.3, 0.4) is 0 Å². The minimum Gasteiger partial charge on any atom is -0.333 e. The molecule has 2 aromatic rings. The molecule has 28 heavy (non-hydrogen) atoms. The van der Waals surface area contributed by atoms with Crippen LogP contribution in [0.15, 0.2) is 24.4 Å². The molecule has 3 rings (SSSR count). The van der Waals surface area contributed by atoms with Crippen molar-refractivity contribution in [3.63, 3.8) is 0 Å². The lowest BCUT2D eigenvalue weighted by molar-refractivity contribution is -0.141. The molecular weight excluding hydrogens is 383 g/mol. The van der Waals surface area contributed by atoms with Gasteiger partial charge in [0.1, 0.15) is 5.82 Å². The van der Waals surface area contributed by atoms with E-state index in [1.165, 1.54) is 15.5 Å². The lowest BCUT2D eigenvalue weighted by Gasteiger charge is -2.28. The number of carbonyl (C=O) groups excluding carboxylic acids is 1. The molecule has 1 aliphatic heterocycles. The van der Waals surface area contributed by atoms with E-state index in [2.05, 4.69) is 4.98 Å². The fraction of sp³-hybridized carbons (Fsp3) is 0.444. The maximum Gasteiger partial charge on any atom is 0.434 e. The molecule has 5 nitrogen and oxygen atoms in total. The molecule has 1 amide bonds. The number of benzene rings is 1. The number of aryl methyl sites for hydroxylation is 1. The molecule has 0 unspecified atom stereocenters. The first-order valence-electron chi connectivity index (χ1n) is 8.74. The Balaban J connectivity index is 1.53. The molecule has 2 N–H and O–H groups in total. The van der Waals surface area contributed by atoms with Crippen LogP contribution in [0, 0.1) is 11.6 Å². The number of halogens is 5. The van der Waals surface area contributed by atoms with Gasteiger partial charge in [-0.05, 0) is 30.5 Å². The summed E-state index contributed by atoms with van der Waals surface area (Å²) in [6, 6.07) is 3.07. The number of alkyl halides is 3. The normalized spacial score (nSPS) is 15.4. The maximum absolute atomic E-state index is 13.2. The van der Waals surface area contributed by atoms with Crippen LogP contribution in [0.2, 0.25) is 0 Å². The van der Waals surface area contributed by atoms with Gasteiger partial charge in [0.05, 0.1) is 6.54 Å². The van der Waals surface area contributed by atoms with Crippen LogP contribution in [0.4, 0.5) is 22.0 Å². The molecule has 0 saturated carbocycles. The summed E-state index contributed by atoms with van der Waals surface area (Å²) in [6.07, 6.45) is -2.80. The van der Waals surface area contributed by atoms with E-state index >= 15 is 0 Å². The number of imidazole rings is 1. The van der Waals surface area contributed by atoms with Crippen LogP contribution < -0.4 is 5.73 Å². The largest absolute Gasteiger partial charge is 0.434 e. The van der Waals surface area contributed by atoms with Gasteiger partial charge in [-0.25, -0.2) is 13.8 Å². The van der Waals surface area contributed by atoms with Gasteiger partial charge in [-0.3, -0.25) is 4.79 Å². The zero-order valence-electron chi connectivity index (χ0n) is 14.8. The Morgan fingerprint density at radius 3 is 2.64 bits per heavy atom. The molecule has 0 aliphatic carbocycles. The number of carbonyl (C=O) groups is 1. The van der Waals surface area contributed by atoms with Crippen LogP contribution >= 0.6 is 0 Å². The Morgan fingerprint density at radius 2 is 1.96 bits per heavy atom. The fourth-order valence-corrected chi connectivity index (χ4v) is 3.10. The lowest BCUT2D eigenvalue weighted by atomic mass is 10.0. The standard InChI is InChI=1S/C18H19F5N4O/c19-13-4-2-11(7-14(13)20)1-3-12(24)8-17(28)27-6-5-26-9-15(18(21,22)23)25-16(26)10-27/h2,4,7,9,12H,1,3,5-6,8,10,24H2/t12-/m1/s1. The SMILES string of the molecule is N[C@H](CCc1ccc(F)c(F)c1)CC(=O)N1CCn2cc(C(F)(F)F)nc2C1. The van der Waals surface area contributed by atoms with Gasteiger partial charge in [0.15, 0.2) is 17.3 Å². The molecule has 10 heteroatoms. The second-order valence-electron chi connectivity index (χ2n) is 6.80. The molecule has 0 radical (unpaired) electrons. The van der Waals surface area contributed by atoms with Crippen molar-refractivity contribution in [2.75, 3.05) is 6.54 Å². The van der Waals surface area contributed by atoms with Crippen LogP contribution in [0.5, 0.6) is 0 Å². The van der Waals surface area contributed by atoms with Crippen molar-refractivity contribution in [3.8, 4) is 0 Å². The van der Waals surface area contributed by atoms with Gasteiger partial charge < -0.3 is 15.2 Å².